The number of hydrogen-bond acceptors (Lipinski definition) is 4. The van der Waals surface area contributed by atoms with Gasteiger partial charge in [-0.25, -0.2) is 4.98 Å². The first-order valence-electron chi connectivity index (χ1n) is 9.91. The van der Waals surface area contributed by atoms with Crippen LogP contribution in [0.25, 0.3) is 16.6 Å². The Morgan fingerprint density at radius 1 is 0.968 bits per heavy atom. The summed E-state index contributed by atoms with van der Waals surface area (Å²) in [5, 5.41) is 7.43. The van der Waals surface area contributed by atoms with E-state index in [1.165, 1.54) is 4.52 Å². The molecule has 0 saturated carbocycles. The van der Waals surface area contributed by atoms with Crippen molar-refractivity contribution in [3.05, 3.63) is 106 Å². The van der Waals surface area contributed by atoms with Crippen LogP contribution in [-0.2, 0) is 6.42 Å². The number of H-pyrrole nitrogens is 1. The summed E-state index contributed by atoms with van der Waals surface area (Å²) in [6.07, 6.45) is 0.470. The van der Waals surface area contributed by atoms with E-state index in [-0.39, 0.29) is 23.2 Å². The molecule has 7 nitrogen and oxygen atoms in total. The fraction of sp³-hybridized carbons (Fsp3) is 0.0833. The SMILES string of the molecule is Cc1nc2nc(NC(=O)c3cccc4ccccc34)[nH]n2c(=O)c1Cc1ccccc1. The van der Waals surface area contributed by atoms with Crippen LogP contribution in [-0.4, -0.2) is 25.5 Å². The first kappa shape index (κ1) is 18.7. The van der Waals surface area contributed by atoms with Crippen molar-refractivity contribution in [2.24, 2.45) is 0 Å². The number of benzene rings is 3. The van der Waals surface area contributed by atoms with Crippen LogP contribution in [0.3, 0.4) is 0 Å². The third-order valence-electron chi connectivity index (χ3n) is 5.29. The Morgan fingerprint density at radius 2 is 1.71 bits per heavy atom. The number of rotatable bonds is 4. The summed E-state index contributed by atoms with van der Waals surface area (Å²) in [6.45, 7) is 1.79. The lowest BCUT2D eigenvalue weighted by Crippen LogP contribution is -2.22. The van der Waals surface area contributed by atoms with Crippen LogP contribution in [0.2, 0.25) is 0 Å². The molecule has 5 rings (SSSR count). The zero-order valence-electron chi connectivity index (χ0n) is 16.8. The minimum atomic E-state index is -0.315. The summed E-state index contributed by atoms with van der Waals surface area (Å²) in [4.78, 5) is 34.7. The molecule has 7 heteroatoms. The van der Waals surface area contributed by atoms with Gasteiger partial charge in [0.2, 0.25) is 5.95 Å². The number of nitrogens with zero attached hydrogens (tertiary/aromatic N) is 3. The highest BCUT2D eigenvalue weighted by Gasteiger charge is 2.16. The van der Waals surface area contributed by atoms with Crippen molar-refractivity contribution in [1.29, 1.82) is 0 Å². The topological polar surface area (TPSA) is 92.2 Å². The van der Waals surface area contributed by atoms with Gasteiger partial charge < -0.3 is 0 Å². The Balaban J connectivity index is 1.49. The van der Waals surface area contributed by atoms with Crippen LogP contribution >= 0.6 is 0 Å². The molecule has 0 radical (unpaired) electrons. The molecule has 1 amide bonds. The summed E-state index contributed by atoms with van der Waals surface area (Å²) in [7, 11) is 0. The summed E-state index contributed by atoms with van der Waals surface area (Å²) < 4.78 is 1.27. The number of aromatic nitrogens is 4. The van der Waals surface area contributed by atoms with Crippen molar-refractivity contribution in [2.75, 3.05) is 5.32 Å². The highest BCUT2D eigenvalue weighted by molar-refractivity contribution is 6.12. The van der Waals surface area contributed by atoms with E-state index in [1.54, 1.807) is 13.0 Å². The molecule has 0 unspecified atom stereocenters. The van der Waals surface area contributed by atoms with Crippen LogP contribution in [0.15, 0.2) is 77.6 Å². The van der Waals surface area contributed by atoms with Crippen LogP contribution in [0, 0.1) is 6.92 Å². The Kier molecular flexibility index (Phi) is 4.55. The normalized spacial score (nSPS) is 11.1. The number of aryl methyl sites for hydroxylation is 1. The molecule has 2 aromatic heterocycles. The quantitative estimate of drug-likeness (QED) is 0.473. The van der Waals surface area contributed by atoms with Crippen LogP contribution in [0.1, 0.15) is 27.2 Å². The van der Waals surface area contributed by atoms with Gasteiger partial charge in [-0.2, -0.15) is 9.50 Å². The predicted molar refractivity (Wildman–Crippen MR) is 119 cm³/mol. The first-order valence-corrected chi connectivity index (χ1v) is 9.91. The summed E-state index contributed by atoms with van der Waals surface area (Å²) in [5.74, 6) is 0.0662. The Bertz CT molecular complexity index is 1480. The van der Waals surface area contributed by atoms with Crippen molar-refractivity contribution in [2.45, 2.75) is 13.3 Å². The molecule has 0 fully saturated rings. The zero-order valence-corrected chi connectivity index (χ0v) is 16.8. The number of aromatic amines is 1. The van der Waals surface area contributed by atoms with E-state index in [9.17, 15) is 9.59 Å². The van der Waals surface area contributed by atoms with Gasteiger partial charge in [0.05, 0.1) is 5.69 Å². The van der Waals surface area contributed by atoms with Crippen molar-refractivity contribution < 1.29 is 4.79 Å². The number of carbonyl (C=O) groups is 1. The van der Waals surface area contributed by atoms with Gasteiger partial charge in [-0.05, 0) is 29.3 Å². The second-order valence-corrected chi connectivity index (χ2v) is 7.33. The molecular weight excluding hydrogens is 390 g/mol. The molecule has 2 N–H and O–H groups in total. The van der Waals surface area contributed by atoms with Gasteiger partial charge in [-0.1, -0.05) is 66.7 Å². The minimum Gasteiger partial charge on any atom is -0.291 e. The fourth-order valence-corrected chi connectivity index (χ4v) is 3.71. The van der Waals surface area contributed by atoms with Gasteiger partial charge in [0.15, 0.2) is 0 Å². The largest absolute Gasteiger partial charge is 0.291 e. The Hall–Kier alpha value is -4.26. The fourth-order valence-electron chi connectivity index (χ4n) is 3.71. The van der Waals surface area contributed by atoms with E-state index in [0.29, 0.717) is 23.2 Å². The number of amides is 1. The van der Waals surface area contributed by atoms with Gasteiger partial charge in [0, 0.05) is 17.5 Å². The highest BCUT2D eigenvalue weighted by atomic mass is 16.2. The van der Waals surface area contributed by atoms with Gasteiger partial charge >= 0.3 is 0 Å². The van der Waals surface area contributed by atoms with Crippen LogP contribution in [0.4, 0.5) is 5.95 Å². The van der Waals surface area contributed by atoms with E-state index in [4.69, 9.17) is 0 Å². The number of nitrogens with one attached hydrogen (secondary N) is 2. The summed E-state index contributed by atoms with van der Waals surface area (Å²) >= 11 is 0. The molecule has 31 heavy (non-hydrogen) atoms. The standard InChI is InChI=1S/C24H19N5O2/c1-15-20(14-16-8-3-2-4-9-16)22(31)29-24(25-15)27-23(28-29)26-21(30)19-13-7-11-17-10-5-6-12-18(17)19/h2-13H,14H2,1H3,(H2,25,26,27,28,30). The molecular formula is C24H19N5O2. The zero-order chi connectivity index (χ0) is 21.4. The molecule has 0 aliphatic carbocycles. The second kappa shape index (κ2) is 7.53. The van der Waals surface area contributed by atoms with Gasteiger partial charge in [-0.15, -0.1) is 0 Å². The Morgan fingerprint density at radius 3 is 2.55 bits per heavy atom. The third-order valence-corrected chi connectivity index (χ3v) is 5.29. The molecule has 0 saturated heterocycles. The lowest BCUT2D eigenvalue weighted by molar-refractivity contribution is 0.102. The number of anilines is 1. The molecule has 2 heterocycles. The molecule has 0 bridgehead atoms. The second-order valence-electron chi connectivity index (χ2n) is 7.33. The highest BCUT2D eigenvalue weighted by Crippen LogP contribution is 2.19. The van der Waals surface area contributed by atoms with Crippen molar-refractivity contribution in [3.8, 4) is 0 Å². The monoisotopic (exact) mass is 409 g/mol. The average Bonchev–Trinajstić information content (AvgIpc) is 3.19. The van der Waals surface area contributed by atoms with Crippen LogP contribution < -0.4 is 10.9 Å². The van der Waals surface area contributed by atoms with E-state index >= 15 is 0 Å². The van der Waals surface area contributed by atoms with Crippen LogP contribution in [0.5, 0.6) is 0 Å². The lowest BCUT2D eigenvalue weighted by Gasteiger charge is -2.05. The third kappa shape index (κ3) is 3.46. The average molecular weight is 409 g/mol. The van der Waals surface area contributed by atoms with Crippen molar-refractivity contribution in [3.63, 3.8) is 0 Å². The van der Waals surface area contributed by atoms with E-state index < -0.39 is 0 Å². The van der Waals surface area contributed by atoms with Crippen molar-refractivity contribution in [1.82, 2.24) is 19.6 Å². The molecule has 3 aromatic carbocycles. The minimum absolute atomic E-state index is 0.166. The molecule has 0 atom stereocenters. The lowest BCUT2D eigenvalue weighted by atomic mass is 10.0. The van der Waals surface area contributed by atoms with Gasteiger partial charge in [0.1, 0.15) is 0 Å². The first-order chi connectivity index (χ1) is 15.1. The smallest absolute Gasteiger partial charge is 0.277 e. The van der Waals surface area contributed by atoms with Gasteiger partial charge in [-0.3, -0.25) is 20.0 Å². The van der Waals surface area contributed by atoms with Crippen molar-refractivity contribution >= 4 is 28.4 Å². The summed E-state index contributed by atoms with van der Waals surface area (Å²) in [6, 6.07) is 23.0. The van der Waals surface area contributed by atoms with E-state index in [0.717, 1.165) is 16.3 Å². The maximum atomic E-state index is 13.0. The van der Waals surface area contributed by atoms with E-state index in [1.807, 2.05) is 66.7 Å². The Labute approximate surface area is 177 Å². The number of hydrogen-bond donors (Lipinski definition) is 2. The molecule has 5 aromatic rings. The number of fused-ring (bicyclic) bond motifs is 2. The number of carbonyl (C=O) groups excluding carboxylic acids is 1. The molecule has 152 valence electrons. The molecule has 0 aliphatic rings. The maximum Gasteiger partial charge on any atom is 0.277 e. The summed E-state index contributed by atoms with van der Waals surface area (Å²) in [5.41, 5.74) is 2.52. The maximum absolute atomic E-state index is 13.0. The molecule has 0 aliphatic heterocycles. The van der Waals surface area contributed by atoms with E-state index in [2.05, 4.69) is 20.4 Å². The molecule has 0 spiro atoms. The van der Waals surface area contributed by atoms with Gasteiger partial charge in [0.25, 0.3) is 17.2 Å². The predicted octanol–water partition coefficient (Wildman–Crippen LogP) is 3.72.